The molecule has 1 N–H and O–H groups in total. The number of ether oxygens (including phenoxy) is 2. The maximum Gasteiger partial charge on any atom is 0.262 e. The highest BCUT2D eigenvalue weighted by molar-refractivity contribution is 6.02. The van der Waals surface area contributed by atoms with Gasteiger partial charge in [-0.1, -0.05) is 12.1 Å². The Balaban J connectivity index is 1.68. The second-order valence-corrected chi connectivity index (χ2v) is 6.21. The number of anilines is 2. The summed E-state index contributed by atoms with van der Waals surface area (Å²) in [5.74, 6) is 0.499. The van der Waals surface area contributed by atoms with Crippen molar-refractivity contribution in [2.24, 2.45) is 0 Å². The smallest absolute Gasteiger partial charge is 0.262 e. The fraction of sp³-hybridized carbons (Fsp3) is 0.286. The molecule has 0 radical (unpaired) electrons. The molecule has 0 spiro atoms. The maximum atomic E-state index is 12.4. The third-order valence-electron chi connectivity index (χ3n) is 4.27. The summed E-state index contributed by atoms with van der Waals surface area (Å²) < 4.78 is 11.1. The first-order valence-corrected chi connectivity index (χ1v) is 9.11. The standard InChI is InChI=1S/C21H21N3O4/c1-2-27-19-12-15(13-22)9-10-18(19)28-14-20(25)23-16-6-3-4-7-17(16)24-11-5-8-21(24)26/h3-4,6-7,9-10,12H,2,5,8,11,14H2,1H3,(H,23,25). The van der Waals surface area contributed by atoms with Gasteiger partial charge in [-0.3, -0.25) is 9.59 Å². The van der Waals surface area contributed by atoms with Crippen molar-refractivity contribution >= 4 is 23.2 Å². The van der Waals surface area contributed by atoms with Crippen LogP contribution in [0.2, 0.25) is 0 Å². The van der Waals surface area contributed by atoms with Gasteiger partial charge in [0.15, 0.2) is 18.1 Å². The molecule has 1 saturated heterocycles. The van der Waals surface area contributed by atoms with E-state index in [1.165, 1.54) is 0 Å². The molecule has 7 heteroatoms. The van der Waals surface area contributed by atoms with E-state index in [1.54, 1.807) is 35.2 Å². The Morgan fingerprint density at radius 2 is 2.04 bits per heavy atom. The van der Waals surface area contributed by atoms with Gasteiger partial charge in [0.05, 0.1) is 29.6 Å². The molecule has 7 nitrogen and oxygen atoms in total. The van der Waals surface area contributed by atoms with Crippen LogP contribution in [0.15, 0.2) is 42.5 Å². The molecule has 1 aliphatic rings. The van der Waals surface area contributed by atoms with Gasteiger partial charge in [0, 0.05) is 19.0 Å². The molecule has 0 bridgehead atoms. The Hall–Kier alpha value is -3.53. The number of amides is 2. The van der Waals surface area contributed by atoms with Crippen molar-refractivity contribution in [1.29, 1.82) is 5.26 Å². The molecule has 0 unspecified atom stereocenters. The Morgan fingerprint density at radius 3 is 2.75 bits per heavy atom. The highest BCUT2D eigenvalue weighted by Crippen LogP contribution is 2.30. The summed E-state index contributed by atoms with van der Waals surface area (Å²) in [5, 5.41) is 11.8. The third-order valence-corrected chi connectivity index (χ3v) is 4.27. The Kier molecular flexibility index (Phi) is 6.12. The van der Waals surface area contributed by atoms with Gasteiger partial charge in [-0.05, 0) is 37.6 Å². The normalized spacial score (nSPS) is 13.1. The van der Waals surface area contributed by atoms with Gasteiger partial charge in [0.1, 0.15) is 0 Å². The van der Waals surface area contributed by atoms with Crippen molar-refractivity contribution < 1.29 is 19.1 Å². The maximum absolute atomic E-state index is 12.4. The van der Waals surface area contributed by atoms with Crippen molar-refractivity contribution in [1.82, 2.24) is 0 Å². The van der Waals surface area contributed by atoms with E-state index in [0.717, 1.165) is 6.42 Å². The molecule has 1 heterocycles. The van der Waals surface area contributed by atoms with Crippen LogP contribution < -0.4 is 19.7 Å². The lowest BCUT2D eigenvalue weighted by Crippen LogP contribution is -2.27. The van der Waals surface area contributed by atoms with E-state index in [1.807, 2.05) is 25.1 Å². The summed E-state index contributed by atoms with van der Waals surface area (Å²) in [7, 11) is 0. The molecule has 2 aromatic rings. The zero-order chi connectivity index (χ0) is 19.9. The van der Waals surface area contributed by atoms with Crippen LogP contribution in [-0.4, -0.2) is 31.6 Å². The molecule has 1 fully saturated rings. The van der Waals surface area contributed by atoms with Crippen LogP contribution in [-0.2, 0) is 9.59 Å². The average molecular weight is 379 g/mol. The molecule has 144 valence electrons. The Labute approximate surface area is 163 Å². The monoisotopic (exact) mass is 379 g/mol. The second-order valence-electron chi connectivity index (χ2n) is 6.21. The van der Waals surface area contributed by atoms with Crippen LogP contribution in [0.1, 0.15) is 25.3 Å². The zero-order valence-corrected chi connectivity index (χ0v) is 15.6. The predicted molar refractivity (Wildman–Crippen MR) is 104 cm³/mol. The lowest BCUT2D eigenvalue weighted by molar-refractivity contribution is -0.118. The van der Waals surface area contributed by atoms with Crippen LogP contribution in [0.5, 0.6) is 11.5 Å². The number of benzene rings is 2. The summed E-state index contributed by atoms with van der Waals surface area (Å²) in [6, 6.07) is 14.0. The molecule has 3 rings (SSSR count). The van der Waals surface area contributed by atoms with Crippen LogP contribution in [0.4, 0.5) is 11.4 Å². The summed E-state index contributed by atoms with van der Waals surface area (Å²) in [5.41, 5.74) is 1.70. The van der Waals surface area contributed by atoms with Gasteiger partial charge in [-0.2, -0.15) is 5.26 Å². The highest BCUT2D eigenvalue weighted by Gasteiger charge is 2.24. The molecule has 2 aromatic carbocycles. The molecular weight excluding hydrogens is 358 g/mol. The topological polar surface area (TPSA) is 91.7 Å². The van der Waals surface area contributed by atoms with E-state index < -0.39 is 0 Å². The number of nitrogens with one attached hydrogen (secondary N) is 1. The first-order chi connectivity index (χ1) is 13.6. The molecule has 0 atom stereocenters. The first-order valence-electron chi connectivity index (χ1n) is 9.11. The number of rotatable bonds is 7. The van der Waals surface area contributed by atoms with Crippen LogP contribution in [0.25, 0.3) is 0 Å². The van der Waals surface area contributed by atoms with Crippen molar-refractivity contribution in [2.75, 3.05) is 30.0 Å². The Bertz CT molecular complexity index is 920. The number of para-hydroxylation sites is 2. The van der Waals surface area contributed by atoms with Gasteiger partial charge in [0.25, 0.3) is 5.91 Å². The summed E-state index contributed by atoms with van der Waals surface area (Å²) >= 11 is 0. The number of nitrogens with zero attached hydrogens (tertiary/aromatic N) is 2. The van der Waals surface area contributed by atoms with Crippen molar-refractivity contribution in [2.45, 2.75) is 19.8 Å². The lowest BCUT2D eigenvalue weighted by Gasteiger charge is -2.20. The number of hydrogen-bond donors (Lipinski definition) is 1. The van der Waals surface area contributed by atoms with E-state index in [-0.39, 0.29) is 18.4 Å². The molecule has 0 aromatic heterocycles. The average Bonchev–Trinajstić information content (AvgIpc) is 3.13. The SMILES string of the molecule is CCOc1cc(C#N)ccc1OCC(=O)Nc1ccccc1N1CCCC1=O. The third kappa shape index (κ3) is 4.41. The van der Waals surface area contributed by atoms with Crippen molar-refractivity contribution in [3.63, 3.8) is 0 Å². The minimum atomic E-state index is -0.356. The largest absolute Gasteiger partial charge is 0.490 e. The minimum Gasteiger partial charge on any atom is -0.490 e. The quantitative estimate of drug-likeness (QED) is 0.798. The number of carbonyl (C=O) groups excluding carboxylic acids is 2. The van der Waals surface area contributed by atoms with Gasteiger partial charge < -0.3 is 19.7 Å². The summed E-state index contributed by atoms with van der Waals surface area (Å²) in [4.78, 5) is 26.1. The Morgan fingerprint density at radius 1 is 1.21 bits per heavy atom. The number of hydrogen-bond acceptors (Lipinski definition) is 5. The predicted octanol–water partition coefficient (Wildman–Crippen LogP) is 3.10. The first kappa shape index (κ1) is 19.2. The van der Waals surface area contributed by atoms with Crippen LogP contribution in [0, 0.1) is 11.3 Å². The van der Waals surface area contributed by atoms with Gasteiger partial charge in [-0.25, -0.2) is 0 Å². The van der Waals surface area contributed by atoms with Gasteiger partial charge in [0.2, 0.25) is 5.91 Å². The number of nitriles is 1. The summed E-state index contributed by atoms with van der Waals surface area (Å²) in [6.07, 6.45) is 1.33. The highest BCUT2D eigenvalue weighted by atomic mass is 16.5. The summed E-state index contributed by atoms with van der Waals surface area (Å²) in [6.45, 7) is 2.65. The minimum absolute atomic E-state index is 0.0527. The van der Waals surface area contributed by atoms with Crippen LogP contribution in [0.3, 0.4) is 0 Å². The van der Waals surface area contributed by atoms with E-state index >= 15 is 0 Å². The molecule has 1 aliphatic heterocycles. The molecule has 0 saturated carbocycles. The van der Waals surface area contributed by atoms with Gasteiger partial charge >= 0.3 is 0 Å². The van der Waals surface area contributed by atoms with Crippen molar-refractivity contribution in [3.8, 4) is 17.6 Å². The zero-order valence-electron chi connectivity index (χ0n) is 15.6. The second kappa shape index (κ2) is 8.91. The molecule has 28 heavy (non-hydrogen) atoms. The van der Waals surface area contributed by atoms with E-state index in [4.69, 9.17) is 14.7 Å². The fourth-order valence-corrected chi connectivity index (χ4v) is 3.01. The molecular formula is C21H21N3O4. The van der Waals surface area contributed by atoms with Crippen molar-refractivity contribution in [3.05, 3.63) is 48.0 Å². The van der Waals surface area contributed by atoms with Gasteiger partial charge in [-0.15, -0.1) is 0 Å². The lowest BCUT2D eigenvalue weighted by atomic mass is 10.2. The van der Waals surface area contributed by atoms with E-state index in [9.17, 15) is 9.59 Å². The molecule has 0 aliphatic carbocycles. The fourth-order valence-electron chi connectivity index (χ4n) is 3.01. The van der Waals surface area contributed by atoms with E-state index in [0.29, 0.717) is 48.0 Å². The number of carbonyl (C=O) groups is 2. The van der Waals surface area contributed by atoms with E-state index in [2.05, 4.69) is 5.32 Å². The van der Waals surface area contributed by atoms with Crippen LogP contribution >= 0.6 is 0 Å². The molecule has 2 amide bonds.